The molecule has 0 radical (unpaired) electrons. The van der Waals surface area contributed by atoms with Crippen LogP contribution in [0.5, 0.6) is 0 Å². The van der Waals surface area contributed by atoms with Crippen molar-refractivity contribution < 1.29 is 0 Å². The van der Waals surface area contributed by atoms with Crippen molar-refractivity contribution in [3.63, 3.8) is 0 Å². The molecular weight excluding hydrogens is 252 g/mol. The Morgan fingerprint density at radius 1 is 1.21 bits per heavy atom. The van der Waals surface area contributed by atoms with Gasteiger partial charge in [-0.2, -0.15) is 5.26 Å². The van der Waals surface area contributed by atoms with E-state index in [0.717, 1.165) is 22.6 Å². The fraction of sp³-hybridized carbons (Fsp3) is 0.188. The second-order valence-electron chi connectivity index (χ2n) is 4.66. The van der Waals surface area contributed by atoms with Crippen LogP contribution in [0, 0.1) is 18.3 Å². The van der Waals surface area contributed by atoms with E-state index < -0.39 is 0 Å². The zero-order valence-electron chi connectivity index (χ0n) is 10.7. The smallest absolute Gasteiger partial charge is 0.102 e. The number of hydrogen-bond acceptors (Lipinski definition) is 3. The third-order valence-corrected chi connectivity index (χ3v) is 4.60. The monoisotopic (exact) mass is 266 g/mol. The highest BCUT2D eigenvalue weighted by Gasteiger charge is 2.23. The lowest BCUT2D eigenvalue weighted by molar-refractivity contribution is 0.899. The fourth-order valence-corrected chi connectivity index (χ4v) is 3.57. The number of benzene rings is 2. The van der Waals surface area contributed by atoms with E-state index in [0.29, 0.717) is 0 Å². The summed E-state index contributed by atoms with van der Waals surface area (Å²) in [5, 5.41) is 12.8. The van der Waals surface area contributed by atoms with Gasteiger partial charge in [0.2, 0.25) is 0 Å². The number of nitrogens with one attached hydrogen (secondary N) is 1. The van der Waals surface area contributed by atoms with E-state index in [4.69, 9.17) is 0 Å². The minimum atomic E-state index is 0.287. The van der Waals surface area contributed by atoms with Gasteiger partial charge in [0.05, 0.1) is 17.3 Å². The van der Waals surface area contributed by atoms with Gasteiger partial charge in [-0.25, -0.2) is 0 Å². The van der Waals surface area contributed by atoms with E-state index in [1.807, 2.05) is 36.9 Å². The van der Waals surface area contributed by atoms with E-state index in [9.17, 15) is 5.26 Å². The summed E-state index contributed by atoms with van der Waals surface area (Å²) >= 11 is 1.87. The van der Waals surface area contributed by atoms with Crippen LogP contribution in [0.4, 0.5) is 5.69 Å². The minimum Gasteiger partial charge on any atom is -0.376 e. The Morgan fingerprint density at radius 3 is 2.89 bits per heavy atom. The molecule has 94 valence electrons. The number of fused-ring (bicyclic) bond motifs is 1. The summed E-state index contributed by atoms with van der Waals surface area (Å²) in [5.41, 5.74) is 4.03. The lowest BCUT2D eigenvalue weighted by Crippen LogP contribution is -2.11. The molecule has 0 saturated carbocycles. The molecule has 1 unspecified atom stereocenters. The van der Waals surface area contributed by atoms with Gasteiger partial charge in [-0.3, -0.25) is 0 Å². The molecule has 1 aliphatic heterocycles. The molecular formula is C16H14N2S. The Kier molecular flexibility index (Phi) is 3.18. The minimum absolute atomic E-state index is 0.287. The van der Waals surface area contributed by atoms with Gasteiger partial charge < -0.3 is 5.32 Å². The van der Waals surface area contributed by atoms with Crippen molar-refractivity contribution in [1.82, 2.24) is 0 Å². The van der Waals surface area contributed by atoms with Gasteiger partial charge in [-0.15, -0.1) is 11.8 Å². The largest absolute Gasteiger partial charge is 0.376 e. The molecule has 0 aliphatic carbocycles. The van der Waals surface area contributed by atoms with Crippen LogP contribution in [-0.4, -0.2) is 5.75 Å². The topological polar surface area (TPSA) is 35.8 Å². The molecule has 3 heteroatoms. The van der Waals surface area contributed by atoms with Gasteiger partial charge in [0, 0.05) is 10.6 Å². The predicted octanol–water partition coefficient (Wildman–Crippen LogP) is 4.13. The first-order valence-corrected chi connectivity index (χ1v) is 7.26. The Morgan fingerprint density at radius 2 is 2.05 bits per heavy atom. The number of thioether (sulfide) groups is 1. The van der Waals surface area contributed by atoms with Crippen molar-refractivity contribution in [3.8, 4) is 6.07 Å². The molecule has 1 atom stereocenters. The van der Waals surface area contributed by atoms with E-state index in [-0.39, 0.29) is 6.04 Å². The maximum Gasteiger partial charge on any atom is 0.102 e. The molecule has 0 aromatic heterocycles. The second kappa shape index (κ2) is 4.99. The molecule has 19 heavy (non-hydrogen) atoms. The van der Waals surface area contributed by atoms with Gasteiger partial charge in [-0.05, 0) is 30.2 Å². The van der Waals surface area contributed by atoms with Crippen LogP contribution in [-0.2, 0) is 0 Å². The van der Waals surface area contributed by atoms with Crippen LogP contribution in [0.3, 0.4) is 0 Å². The Hall–Kier alpha value is -1.92. The number of anilines is 1. The van der Waals surface area contributed by atoms with Crippen molar-refractivity contribution >= 4 is 17.4 Å². The highest BCUT2D eigenvalue weighted by molar-refractivity contribution is 7.99. The SMILES string of the molecule is Cc1cccc(NC2CSc3ccccc32)c1C#N. The summed E-state index contributed by atoms with van der Waals surface area (Å²) in [5.74, 6) is 1.01. The molecule has 0 spiro atoms. The highest BCUT2D eigenvalue weighted by Crippen LogP contribution is 2.40. The molecule has 1 aliphatic rings. The van der Waals surface area contributed by atoms with Crippen LogP contribution >= 0.6 is 11.8 Å². The van der Waals surface area contributed by atoms with Crippen LogP contribution in [0.2, 0.25) is 0 Å². The number of rotatable bonds is 2. The Bertz CT molecular complexity index is 658. The summed E-state index contributed by atoms with van der Waals surface area (Å²) in [7, 11) is 0. The average molecular weight is 266 g/mol. The average Bonchev–Trinajstić information content (AvgIpc) is 2.83. The van der Waals surface area contributed by atoms with Crippen LogP contribution in [0.15, 0.2) is 47.4 Å². The normalized spacial score (nSPS) is 16.7. The van der Waals surface area contributed by atoms with Gasteiger partial charge in [0.25, 0.3) is 0 Å². The van der Waals surface area contributed by atoms with E-state index in [2.05, 4.69) is 35.7 Å². The number of hydrogen-bond donors (Lipinski definition) is 1. The molecule has 0 saturated heterocycles. The lowest BCUT2D eigenvalue weighted by Gasteiger charge is -2.16. The van der Waals surface area contributed by atoms with Gasteiger partial charge in [-0.1, -0.05) is 30.3 Å². The molecule has 3 rings (SSSR count). The van der Waals surface area contributed by atoms with Crippen LogP contribution < -0.4 is 5.32 Å². The summed E-state index contributed by atoms with van der Waals surface area (Å²) < 4.78 is 0. The third kappa shape index (κ3) is 2.20. The van der Waals surface area contributed by atoms with Crippen molar-refractivity contribution in [1.29, 1.82) is 5.26 Å². The summed E-state index contributed by atoms with van der Waals surface area (Å²) in [6, 6.07) is 17.0. The third-order valence-electron chi connectivity index (χ3n) is 3.41. The molecule has 2 aromatic rings. The molecule has 1 heterocycles. The Balaban J connectivity index is 1.92. The van der Waals surface area contributed by atoms with Crippen molar-refractivity contribution in [2.24, 2.45) is 0 Å². The van der Waals surface area contributed by atoms with Crippen LogP contribution in [0.1, 0.15) is 22.7 Å². The van der Waals surface area contributed by atoms with Crippen molar-refractivity contribution in [3.05, 3.63) is 59.2 Å². The first-order chi connectivity index (χ1) is 9.29. The maximum atomic E-state index is 9.27. The standard InChI is InChI=1S/C16H14N2S/c1-11-5-4-7-14(13(11)9-17)18-15-10-19-16-8-3-2-6-12(15)16/h2-8,15,18H,10H2,1H3. The maximum absolute atomic E-state index is 9.27. The summed E-state index contributed by atoms with van der Waals surface area (Å²) in [4.78, 5) is 1.34. The first kappa shape index (κ1) is 12.1. The van der Waals surface area contributed by atoms with Crippen LogP contribution in [0.25, 0.3) is 0 Å². The van der Waals surface area contributed by atoms with Gasteiger partial charge >= 0.3 is 0 Å². The molecule has 1 N–H and O–H groups in total. The second-order valence-corrected chi connectivity index (χ2v) is 5.72. The number of nitriles is 1. The first-order valence-electron chi connectivity index (χ1n) is 6.27. The molecule has 0 bridgehead atoms. The number of nitrogens with zero attached hydrogens (tertiary/aromatic N) is 1. The van der Waals surface area contributed by atoms with Crippen molar-refractivity contribution in [2.45, 2.75) is 17.9 Å². The summed E-state index contributed by atoms with van der Waals surface area (Å²) in [6.07, 6.45) is 0. The fourth-order valence-electron chi connectivity index (χ4n) is 2.41. The molecule has 2 aromatic carbocycles. The molecule has 2 nitrogen and oxygen atoms in total. The highest BCUT2D eigenvalue weighted by atomic mass is 32.2. The lowest BCUT2D eigenvalue weighted by atomic mass is 10.0. The summed E-state index contributed by atoms with van der Waals surface area (Å²) in [6.45, 7) is 1.97. The van der Waals surface area contributed by atoms with E-state index in [1.54, 1.807) is 0 Å². The quantitative estimate of drug-likeness (QED) is 0.888. The van der Waals surface area contributed by atoms with Crippen molar-refractivity contribution in [2.75, 3.05) is 11.1 Å². The zero-order chi connectivity index (χ0) is 13.2. The predicted molar refractivity (Wildman–Crippen MR) is 79.4 cm³/mol. The Labute approximate surface area is 117 Å². The molecule has 0 amide bonds. The zero-order valence-corrected chi connectivity index (χ0v) is 11.5. The number of aryl methyl sites for hydroxylation is 1. The van der Waals surface area contributed by atoms with E-state index in [1.165, 1.54) is 10.5 Å². The molecule has 0 fully saturated rings. The van der Waals surface area contributed by atoms with E-state index >= 15 is 0 Å². The van der Waals surface area contributed by atoms with Gasteiger partial charge in [0.15, 0.2) is 0 Å². The van der Waals surface area contributed by atoms with Gasteiger partial charge in [0.1, 0.15) is 6.07 Å².